The number of ether oxygens (including phenoxy) is 1. The maximum atomic E-state index is 11.0. The van der Waals surface area contributed by atoms with E-state index >= 15 is 0 Å². The zero-order valence-corrected chi connectivity index (χ0v) is 15.3. The molecule has 0 amide bonds. The van der Waals surface area contributed by atoms with Gasteiger partial charge in [0.25, 0.3) is 5.69 Å². The molecule has 2 heterocycles. The van der Waals surface area contributed by atoms with Crippen molar-refractivity contribution >= 4 is 11.4 Å². The molecule has 0 spiro atoms. The highest BCUT2D eigenvalue weighted by Gasteiger charge is 2.22. The fraction of sp³-hybridized carbons (Fsp3) is 0.200. The van der Waals surface area contributed by atoms with Crippen LogP contribution in [0.4, 0.5) is 5.69 Å². The van der Waals surface area contributed by atoms with Crippen LogP contribution in [0.3, 0.4) is 0 Å². The Balaban J connectivity index is 1.95. The van der Waals surface area contributed by atoms with Crippen molar-refractivity contribution in [3.05, 3.63) is 86.5 Å². The van der Waals surface area contributed by atoms with Crippen LogP contribution in [0.2, 0.25) is 0 Å². The summed E-state index contributed by atoms with van der Waals surface area (Å²) in [4.78, 5) is 15.2. The number of rotatable bonds is 3. The van der Waals surface area contributed by atoms with Crippen LogP contribution >= 0.6 is 0 Å². The molecule has 0 saturated carbocycles. The van der Waals surface area contributed by atoms with Crippen LogP contribution in [0.25, 0.3) is 0 Å². The molecule has 1 aliphatic rings. The lowest BCUT2D eigenvalue weighted by atomic mass is 9.95. The molecule has 4 rings (SSSR count). The number of aryl methyl sites for hydroxylation is 1. The summed E-state index contributed by atoms with van der Waals surface area (Å²) in [5, 5.41) is 15.8. The fourth-order valence-electron chi connectivity index (χ4n) is 3.25. The van der Waals surface area contributed by atoms with E-state index in [9.17, 15) is 10.1 Å². The van der Waals surface area contributed by atoms with Gasteiger partial charge in [-0.15, -0.1) is 0 Å². The Morgan fingerprint density at radius 1 is 1.15 bits per heavy atom. The summed E-state index contributed by atoms with van der Waals surface area (Å²) in [7, 11) is 1.62. The van der Waals surface area contributed by atoms with E-state index < -0.39 is 4.92 Å². The Bertz CT molecular complexity index is 1080. The van der Waals surface area contributed by atoms with Crippen LogP contribution in [0.5, 0.6) is 5.75 Å². The lowest BCUT2D eigenvalue weighted by molar-refractivity contribution is -0.384. The summed E-state index contributed by atoms with van der Waals surface area (Å²) in [5.74, 6) is 1.60. The Labute approximate surface area is 156 Å². The van der Waals surface area contributed by atoms with Gasteiger partial charge in [0.1, 0.15) is 11.6 Å². The number of non-ortho nitro benzene ring substituents is 1. The average molecular weight is 362 g/mol. The van der Waals surface area contributed by atoms with E-state index in [1.807, 2.05) is 36.7 Å². The van der Waals surface area contributed by atoms with Crippen LogP contribution in [0.1, 0.15) is 33.9 Å². The van der Waals surface area contributed by atoms with Crippen molar-refractivity contribution in [2.45, 2.75) is 20.3 Å². The number of fused-ring (bicyclic) bond motifs is 2. The summed E-state index contributed by atoms with van der Waals surface area (Å²) in [5.41, 5.74) is 5.52. The van der Waals surface area contributed by atoms with Gasteiger partial charge in [-0.2, -0.15) is 5.10 Å². The smallest absolute Gasteiger partial charge is 0.269 e. The van der Waals surface area contributed by atoms with E-state index in [1.165, 1.54) is 12.1 Å². The summed E-state index contributed by atoms with van der Waals surface area (Å²) in [6, 6.07) is 12.3. The number of nitro benzene ring substituents is 1. The molecule has 7 heteroatoms. The zero-order valence-electron chi connectivity index (χ0n) is 15.3. The predicted octanol–water partition coefficient (Wildman–Crippen LogP) is 3.62. The van der Waals surface area contributed by atoms with Crippen molar-refractivity contribution in [2.24, 2.45) is 5.10 Å². The van der Waals surface area contributed by atoms with E-state index in [1.54, 1.807) is 19.2 Å². The van der Waals surface area contributed by atoms with Crippen LogP contribution in [0.15, 0.2) is 47.6 Å². The van der Waals surface area contributed by atoms with Gasteiger partial charge in [0.05, 0.1) is 29.1 Å². The monoisotopic (exact) mass is 362 g/mol. The van der Waals surface area contributed by atoms with E-state index in [-0.39, 0.29) is 5.69 Å². The summed E-state index contributed by atoms with van der Waals surface area (Å²) >= 11 is 0. The third-order valence-electron chi connectivity index (χ3n) is 4.85. The molecular formula is C20H18N4O3. The van der Waals surface area contributed by atoms with E-state index in [0.29, 0.717) is 6.42 Å². The number of nitro groups is 1. The largest absolute Gasteiger partial charge is 0.497 e. The first kappa shape index (κ1) is 17.0. The molecule has 0 saturated heterocycles. The standard InChI is InChI=1S/C20H18N4O3/c1-12-13(2)23-19(21-12)10-15-6-9-17(27-3)11-18(15)20(22-23)14-4-7-16(8-5-14)24(25)26/h4-9,11H,10H2,1-3H3. The second-order valence-corrected chi connectivity index (χ2v) is 6.46. The average Bonchev–Trinajstić information content (AvgIpc) is 2.84. The minimum absolute atomic E-state index is 0.0502. The highest BCUT2D eigenvalue weighted by molar-refractivity contribution is 6.14. The van der Waals surface area contributed by atoms with Gasteiger partial charge in [-0.25, -0.2) is 9.66 Å². The Hall–Kier alpha value is -3.48. The van der Waals surface area contributed by atoms with Gasteiger partial charge in [-0.05, 0) is 43.7 Å². The van der Waals surface area contributed by atoms with Crippen LogP contribution < -0.4 is 4.74 Å². The Morgan fingerprint density at radius 3 is 2.56 bits per heavy atom. The number of hydrogen-bond acceptors (Lipinski definition) is 5. The molecule has 136 valence electrons. The lowest BCUT2D eigenvalue weighted by Gasteiger charge is -2.11. The van der Waals surface area contributed by atoms with Gasteiger partial charge in [0, 0.05) is 29.7 Å². The number of hydrogen-bond donors (Lipinski definition) is 0. The summed E-state index contributed by atoms with van der Waals surface area (Å²) < 4.78 is 7.25. The number of aromatic nitrogens is 2. The van der Waals surface area contributed by atoms with Crippen LogP contribution in [-0.2, 0) is 6.42 Å². The van der Waals surface area contributed by atoms with Crippen molar-refractivity contribution < 1.29 is 9.66 Å². The summed E-state index contributed by atoms with van der Waals surface area (Å²) in [6.45, 7) is 3.95. The second kappa shape index (κ2) is 6.35. The van der Waals surface area contributed by atoms with Crippen LogP contribution in [0, 0.1) is 24.0 Å². The Morgan fingerprint density at radius 2 is 1.89 bits per heavy atom. The van der Waals surface area contributed by atoms with Crippen molar-refractivity contribution in [1.82, 2.24) is 9.66 Å². The number of benzene rings is 2. The molecule has 1 aromatic heterocycles. The number of nitrogens with zero attached hydrogens (tertiary/aromatic N) is 4. The molecule has 0 radical (unpaired) electrons. The van der Waals surface area contributed by atoms with E-state index in [0.717, 1.165) is 45.4 Å². The first-order valence-electron chi connectivity index (χ1n) is 8.54. The highest BCUT2D eigenvalue weighted by atomic mass is 16.6. The van der Waals surface area contributed by atoms with Crippen molar-refractivity contribution in [3.8, 4) is 5.75 Å². The number of methoxy groups -OCH3 is 1. The third-order valence-corrected chi connectivity index (χ3v) is 4.85. The summed E-state index contributed by atoms with van der Waals surface area (Å²) in [6.07, 6.45) is 0.647. The van der Waals surface area contributed by atoms with Crippen molar-refractivity contribution in [3.63, 3.8) is 0 Å². The number of imidazole rings is 1. The van der Waals surface area contributed by atoms with Crippen molar-refractivity contribution in [1.29, 1.82) is 0 Å². The third kappa shape index (κ3) is 2.87. The van der Waals surface area contributed by atoms with Crippen LogP contribution in [-0.4, -0.2) is 27.4 Å². The van der Waals surface area contributed by atoms with E-state index in [2.05, 4.69) is 4.98 Å². The van der Waals surface area contributed by atoms with Gasteiger partial charge in [0.2, 0.25) is 0 Å². The maximum Gasteiger partial charge on any atom is 0.269 e. The van der Waals surface area contributed by atoms with Gasteiger partial charge in [-0.1, -0.05) is 6.07 Å². The van der Waals surface area contributed by atoms with E-state index in [4.69, 9.17) is 9.84 Å². The van der Waals surface area contributed by atoms with Crippen molar-refractivity contribution in [2.75, 3.05) is 7.11 Å². The first-order chi connectivity index (χ1) is 13.0. The molecule has 0 unspecified atom stereocenters. The molecule has 0 fully saturated rings. The van der Waals surface area contributed by atoms with Gasteiger partial charge >= 0.3 is 0 Å². The fourth-order valence-corrected chi connectivity index (χ4v) is 3.25. The SMILES string of the molecule is COc1ccc2c(c1)C(c1ccc([N+](=O)[O-])cc1)=Nn1c(nc(C)c1C)C2. The molecule has 27 heavy (non-hydrogen) atoms. The second-order valence-electron chi connectivity index (χ2n) is 6.46. The molecule has 0 bridgehead atoms. The quantitative estimate of drug-likeness (QED) is 0.412. The molecule has 2 aromatic carbocycles. The molecule has 0 aliphatic carbocycles. The van der Waals surface area contributed by atoms with Gasteiger partial charge in [0.15, 0.2) is 0 Å². The first-order valence-corrected chi connectivity index (χ1v) is 8.54. The molecule has 3 aromatic rings. The molecule has 0 N–H and O–H groups in total. The minimum atomic E-state index is -0.406. The van der Waals surface area contributed by atoms with Gasteiger partial charge < -0.3 is 4.74 Å². The molecular weight excluding hydrogens is 344 g/mol. The normalized spacial score (nSPS) is 12.6. The highest BCUT2D eigenvalue weighted by Crippen LogP contribution is 2.28. The zero-order chi connectivity index (χ0) is 19.1. The predicted molar refractivity (Wildman–Crippen MR) is 102 cm³/mol. The van der Waals surface area contributed by atoms with Gasteiger partial charge in [-0.3, -0.25) is 10.1 Å². The lowest BCUT2D eigenvalue weighted by Crippen LogP contribution is -2.08. The minimum Gasteiger partial charge on any atom is -0.497 e. The Kier molecular flexibility index (Phi) is 3.99. The topological polar surface area (TPSA) is 82.5 Å². The maximum absolute atomic E-state index is 11.0. The molecule has 1 aliphatic heterocycles. The molecule has 0 atom stereocenters. The molecule has 7 nitrogen and oxygen atoms in total.